The highest BCUT2D eigenvalue weighted by atomic mass is 15.5. The van der Waals surface area contributed by atoms with Crippen LogP contribution in [0.5, 0.6) is 0 Å². The zero-order valence-corrected chi connectivity index (χ0v) is 26.6. The van der Waals surface area contributed by atoms with Crippen LogP contribution < -0.4 is 9.80 Å². The van der Waals surface area contributed by atoms with Gasteiger partial charge in [-0.3, -0.25) is 0 Å². The van der Waals surface area contributed by atoms with Crippen molar-refractivity contribution in [3.63, 3.8) is 0 Å². The molecule has 0 aliphatic carbocycles. The van der Waals surface area contributed by atoms with Crippen molar-refractivity contribution in [2.45, 2.75) is 113 Å². The van der Waals surface area contributed by atoms with E-state index in [1.165, 1.54) is 16.9 Å². The normalized spacial score (nSPS) is 21.7. The fourth-order valence-corrected chi connectivity index (χ4v) is 7.71. The second-order valence-corrected chi connectivity index (χ2v) is 14.8. The number of fused-ring (bicyclic) bond motifs is 5. The zero-order chi connectivity index (χ0) is 29.1. The quantitative estimate of drug-likeness (QED) is 0.313. The molecule has 0 fully saturated rings. The molecule has 0 amide bonds. The fraction of sp³-hybridized carbons (Fsp3) is 0.556. The molecule has 2 aromatic carbocycles. The van der Waals surface area contributed by atoms with E-state index in [1.54, 1.807) is 0 Å². The standard InChI is InChI=1S/C36H50N4/c1-11-35(10)32-39(25-19-15-14-16-20-25)30-31(38-28(24-34(7,8)9)27(37-30)23-33(4,5)6)40(32)29-22-18-17-21-26(29)36(35,12-2)13-3/h14-22,32H,11-13,23-24H2,1-10H3. The van der Waals surface area contributed by atoms with Gasteiger partial charge in [0.2, 0.25) is 0 Å². The summed E-state index contributed by atoms with van der Waals surface area (Å²) in [6, 6.07) is 20.0. The van der Waals surface area contributed by atoms with E-state index in [-0.39, 0.29) is 27.8 Å². The maximum absolute atomic E-state index is 5.60. The second kappa shape index (κ2) is 9.89. The number of hydrogen-bond acceptors (Lipinski definition) is 4. The predicted octanol–water partition coefficient (Wildman–Crippen LogP) is 9.76. The molecule has 214 valence electrons. The molecule has 2 aliphatic heterocycles. The largest absolute Gasteiger partial charge is 0.301 e. The molecule has 0 N–H and O–H groups in total. The van der Waals surface area contributed by atoms with E-state index in [0.717, 1.165) is 55.1 Å². The van der Waals surface area contributed by atoms with Gasteiger partial charge in [0, 0.05) is 22.2 Å². The first-order chi connectivity index (χ1) is 18.8. The lowest BCUT2D eigenvalue weighted by atomic mass is 9.53. The van der Waals surface area contributed by atoms with Crippen LogP contribution in [-0.4, -0.2) is 16.1 Å². The number of nitrogens with zero attached hydrogens (tertiary/aromatic N) is 4. The summed E-state index contributed by atoms with van der Waals surface area (Å²) in [4.78, 5) is 16.3. The molecular formula is C36H50N4. The van der Waals surface area contributed by atoms with E-state index >= 15 is 0 Å². The fourth-order valence-electron chi connectivity index (χ4n) is 7.71. The Kier molecular flexibility index (Phi) is 7.08. The highest BCUT2D eigenvalue weighted by Crippen LogP contribution is 2.64. The number of anilines is 4. The van der Waals surface area contributed by atoms with Crippen LogP contribution in [-0.2, 0) is 18.3 Å². The smallest absolute Gasteiger partial charge is 0.178 e. The SMILES string of the molecule is CCC1(CC)c2ccccc2N2c3nc(CC(C)(C)C)c(CC(C)(C)C)nc3N(c3ccccc3)C2C1(C)CC. The molecule has 0 saturated carbocycles. The lowest BCUT2D eigenvalue weighted by molar-refractivity contribution is 0.0771. The molecular weight excluding hydrogens is 488 g/mol. The zero-order valence-electron chi connectivity index (χ0n) is 26.6. The van der Waals surface area contributed by atoms with Gasteiger partial charge in [-0.05, 0) is 66.7 Å². The van der Waals surface area contributed by atoms with Crippen LogP contribution in [0.25, 0.3) is 0 Å². The van der Waals surface area contributed by atoms with Gasteiger partial charge >= 0.3 is 0 Å². The van der Waals surface area contributed by atoms with Crippen molar-refractivity contribution in [2.75, 3.05) is 9.80 Å². The Balaban J connectivity index is 1.87. The van der Waals surface area contributed by atoms with E-state index in [4.69, 9.17) is 9.97 Å². The van der Waals surface area contributed by atoms with E-state index in [9.17, 15) is 0 Å². The maximum atomic E-state index is 5.60. The first-order valence-corrected chi connectivity index (χ1v) is 15.4. The molecule has 2 unspecified atom stereocenters. The van der Waals surface area contributed by atoms with Gasteiger partial charge in [-0.15, -0.1) is 0 Å². The lowest BCUT2D eigenvalue weighted by Gasteiger charge is -2.59. The van der Waals surface area contributed by atoms with Crippen molar-refractivity contribution in [3.05, 3.63) is 71.5 Å². The molecule has 5 rings (SSSR count). The minimum Gasteiger partial charge on any atom is -0.301 e. The highest BCUT2D eigenvalue weighted by molar-refractivity contribution is 5.87. The van der Waals surface area contributed by atoms with Gasteiger partial charge in [-0.1, -0.05) is 106 Å². The first kappa shape index (κ1) is 28.6. The third-order valence-electron chi connectivity index (χ3n) is 9.67. The van der Waals surface area contributed by atoms with Crippen molar-refractivity contribution >= 4 is 23.0 Å². The molecule has 40 heavy (non-hydrogen) atoms. The average molecular weight is 539 g/mol. The summed E-state index contributed by atoms with van der Waals surface area (Å²) < 4.78 is 0. The highest BCUT2D eigenvalue weighted by Gasteiger charge is 2.62. The summed E-state index contributed by atoms with van der Waals surface area (Å²) >= 11 is 0. The Hall–Kier alpha value is -2.88. The molecule has 0 bridgehead atoms. The Morgan fingerprint density at radius 3 is 1.68 bits per heavy atom. The summed E-state index contributed by atoms with van der Waals surface area (Å²) in [7, 11) is 0. The maximum Gasteiger partial charge on any atom is 0.178 e. The summed E-state index contributed by atoms with van der Waals surface area (Å²) in [6.07, 6.45) is 5.15. The molecule has 1 aromatic heterocycles. The van der Waals surface area contributed by atoms with Crippen LogP contribution >= 0.6 is 0 Å². The van der Waals surface area contributed by atoms with Gasteiger partial charge in [-0.25, -0.2) is 9.97 Å². The Morgan fingerprint density at radius 2 is 1.18 bits per heavy atom. The van der Waals surface area contributed by atoms with Gasteiger partial charge in [0.25, 0.3) is 0 Å². The predicted molar refractivity (Wildman–Crippen MR) is 170 cm³/mol. The Labute approximate surface area is 243 Å². The van der Waals surface area contributed by atoms with Gasteiger partial charge in [0.1, 0.15) is 6.17 Å². The number of para-hydroxylation sites is 2. The van der Waals surface area contributed by atoms with Gasteiger partial charge in [-0.2, -0.15) is 0 Å². The molecule has 2 atom stereocenters. The lowest BCUT2D eigenvalue weighted by Crippen LogP contribution is -2.62. The molecule has 0 spiro atoms. The van der Waals surface area contributed by atoms with Crippen LogP contribution in [0.1, 0.15) is 105 Å². The number of benzene rings is 2. The summed E-state index contributed by atoms with van der Waals surface area (Å²) in [5, 5.41) is 0. The van der Waals surface area contributed by atoms with Crippen molar-refractivity contribution < 1.29 is 0 Å². The minimum atomic E-state index is -0.0442. The molecule has 0 saturated heterocycles. The van der Waals surface area contributed by atoms with Crippen molar-refractivity contribution in [1.29, 1.82) is 0 Å². The number of aromatic nitrogens is 2. The first-order valence-electron chi connectivity index (χ1n) is 15.4. The third kappa shape index (κ3) is 4.43. The van der Waals surface area contributed by atoms with Gasteiger partial charge in [0.15, 0.2) is 11.6 Å². The van der Waals surface area contributed by atoms with Crippen molar-refractivity contribution in [3.8, 4) is 0 Å². The van der Waals surface area contributed by atoms with Crippen LogP contribution in [0.4, 0.5) is 23.0 Å². The van der Waals surface area contributed by atoms with E-state index in [1.807, 2.05) is 0 Å². The molecule has 2 aliphatic rings. The molecule has 0 radical (unpaired) electrons. The van der Waals surface area contributed by atoms with Crippen molar-refractivity contribution in [1.82, 2.24) is 9.97 Å². The number of hydrogen-bond donors (Lipinski definition) is 0. The molecule has 3 heterocycles. The topological polar surface area (TPSA) is 32.3 Å². The van der Waals surface area contributed by atoms with E-state index < -0.39 is 0 Å². The average Bonchev–Trinajstić information content (AvgIpc) is 3.23. The van der Waals surface area contributed by atoms with E-state index in [2.05, 4.69) is 134 Å². The number of rotatable bonds is 6. The summed E-state index contributed by atoms with van der Waals surface area (Å²) in [5.41, 5.74) is 6.46. The second-order valence-electron chi connectivity index (χ2n) is 14.8. The molecule has 4 heteroatoms. The minimum absolute atomic E-state index is 0.0388. The Bertz CT molecular complexity index is 1360. The third-order valence-corrected chi connectivity index (χ3v) is 9.67. The van der Waals surface area contributed by atoms with Crippen LogP contribution in [0.3, 0.4) is 0 Å². The van der Waals surface area contributed by atoms with Crippen LogP contribution in [0, 0.1) is 16.2 Å². The van der Waals surface area contributed by atoms with Gasteiger partial charge in [0.05, 0.1) is 11.4 Å². The Morgan fingerprint density at radius 1 is 0.675 bits per heavy atom. The van der Waals surface area contributed by atoms with Gasteiger partial charge < -0.3 is 9.80 Å². The van der Waals surface area contributed by atoms with Crippen LogP contribution in [0.15, 0.2) is 54.6 Å². The van der Waals surface area contributed by atoms with Crippen LogP contribution in [0.2, 0.25) is 0 Å². The summed E-state index contributed by atoms with van der Waals surface area (Å²) in [5.74, 6) is 2.02. The van der Waals surface area contributed by atoms with Crippen molar-refractivity contribution in [2.24, 2.45) is 16.2 Å². The molecule has 3 aromatic rings. The summed E-state index contributed by atoms with van der Waals surface area (Å²) in [6.45, 7) is 23.5. The molecule has 4 nitrogen and oxygen atoms in total. The van der Waals surface area contributed by atoms with E-state index in [0.29, 0.717) is 0 Å². The monoisotopic (exact) mass is 538 g/mol.